The highest BCUT2D eigenvalue weighted by atomic mass is 16.1. The number of carbonyl (C=O) groups is 1. The van der Waals surface area contributed by atoms with E-state index in [-0.39, 0.29) is 5.91 Å². The second-order valence-electron chi connectivity index (χ2n) is 6.19. The van der Waals surface area contributed by atoms with Gasteiger partial charge in [0.05, 0.1) is 18.3 Å². The van der Waals surface area contributed by atoms with Gasteiger partial charge in [-0.05, 0) is 36.6 Å². The van der Waals surface area contributed by atoms with Crippen molar-refractivity contribution in [3.8, 4) is 0 Å². The molecule has 1 aromatic heterocycles. The molecule has 4 heteroatoms. The molecule has 25 heavy (non-hydrogen) atoms. The van der Waals surface area contributed by atoms with E-state index >= 15 is 0 Å². The van der Waals surface area contributed by atoms with E-state index in [4.69, 9.17) is 0 Å². The summed E-state index contributed by atoms with van der Waals surface area (Å²) in [5.41, 5.74) is 4.72. The SMILES string of the molecule is CCCc1ccc(NC(=O)c2cnn(Cc3ccccc3)c2C)cc1. The number of hydrogen-bond donors (Lipinski definition) is 1. The lowest BCUT2D eigenvalue weighted by Gasteiger charge is -2.07. The fourth-order valence-corrected chi connectivity index (χ4v) is 2.83. The second-order valence-corrected chi connectivity index (χ2v) is 6.19. The summed E-state index contributed by atoms with van der Waals surface area (Å²) in [4.78, 5) is 12.5. The van der Waals surface area contributed by atoms with Crippen LogP contribution in [-0.4, -0.2) is 15.7 Å². The summed E-state index contributed by atoms with van der Waals surface area (Å²) in [6.07, 6.45) is 3.81. The Bertz CT molecular complexity index is 835. The average molecular weight is 333 g/mol. The van der Waals surface area contributed by atoms with Gasteiger partial charge in [-0.25, -0.2) is 0 Å². The number of benzene rings is 2. The van der Waals surface area contributed by atoms with Crippen molar-refractivity contribution in [2.75, 3.05) is 5.32 Å². The highest BCUT2D eigenvalue weighted by Crippen LogP contribution is 2.15. The number of amides is 1. The van der Waals surface area contributed by atoms with E-state index in [0.717, 1.165) is 29.8 Å². The van der Waals surface area contributed by atoms with Gasteiger partial charge in [0.1, 0.15) is 0 Å². The molecule has 1 heterocycles. The van der Waals surface area contributed by atoms with E-state index < -0.39 is 0 Å². The predicted octanol–water partition coefficient (Wildman–Crippen LogP) is 4.44. The van der Waals surface area contributed by atoms with Gasteiger partial charge in [-0.1, -0.05) is 55.8 Å². The molecule has 3 aromatic rings. The molecule has 0 saturated carbocycles. The molecule has 0 aliphatic rings. The first-order chi connectivity index (χ1) is 12.2. The van der Waals surface area contributed by atoms with Gasteiger partial charge >= 0.3 is 0 Å². The number of carbonyl (C=O) groups excluding carboxylic acids is 1. The molecule has 2 aromatic carbocycles. The van der Waals surface area contributed by atoms with Gasteiger partial charge in [-0.15, -0.1) is 0 Å². The van der Waals surface area contributed by atoms with Gasteiger partial charge in [0.25, 0.3) is 5.91 Å². The smallest absolute Gasteiger partial charge is 0.259 e. The molecule has 1 N–H and O–H groups in total. The molecule has 1 amide bonds. The lowest BCUT2D eigenvalue weighted by molar-refractivity contribution is 0.102. The maximum absolute atomic E-state index is 12.5. The zero-order valence-electron chi connectivity index (χ0n) is 14.7. The number of aromatic nitrogens is 2. The molecular formula is C21H23N3O. The van der Waals surface area contributed by atoms with Crippen LogP contribution in [-0.2, 0) is 13.0 Å². The molecule has 3 rings (SSSR count). The maximum Gasteiger partial charge on any atom is 0.259 e. The van der Waals surface area contributed by atoms with Crippen LogP contribution in [0.4, 0.5) is 5.69 Å². The normalized spacial score (nSPS) is 10.6. The zero-order valence-corrected chi connectivity index (χ0v) is 14.7. The Morgan fingerprint density at radius 2 is 1.76 bits per heavy atom. The molecule has 0 unspecified atom stereocenters. The van der Waals surface area contributed by atoms with E-state index in [1.54, 1.807) is 6.20 Å². The van der Waals surface area contributed by atoms with Crippen molar-refractivity contribution in [3.05, 3.63) is 83.2 Å². The minimum absolute atomic E-state index is 0.125. The van der Waals surface area contributed by atoms with Crippen LogP contribution in [0.25, 0.3) is 0 Å². The minimum Gasteiger partial charge on any atom is -0.322 e. The number of anilines is 1. The first-order valence-corrected chi connectivity index (χ1v) is 8.64. The van der Waals surface area contributed by atoms with Crippen molar-refractivity contribution in [2.24, 2.45) is 0 Å². The van der Waals surface area contributed by atoms with Crippen LogP contribution >= 0.6 is 0 Å². The third-order valence-corrected chi connectivity index (χ3v) is 4.27. The third-order valence-electron chi connectivity index (χ3n) is 4.27. The molecule has 4 nitrogen and oxygen atoms in total. The number of aryl methyl sites for hydroxylation is 1. The molecule has 0 bridgehead atoms. The predicted molar refractivity (Wildman–Crippen MR) is 101 cm³/mol. The average Bonchev–Trinajstić information content (AvgIpc) is 2.98. The van der Waals surface area contributed by atoms with E-state index in [1.165, 1.54) is 5.56 Å². The van der Waals surface area contributed by atoms with Gasteiger partial charge < -0.3 is 5.32 Å². The highest BCUT2D eigenvalue weighted by Gasteiger charge is 2.14. The molecule has 0 aliphatic heterocycles. The molecule has 0 fully saturated rings. The number of rotatable bonds is 6. The second kappa shape index (κ2) is 7.79. The van der Waals surface area contributed by atoms with E-state index in [2.05, 4.69) is 41.6 Å². The Kier molecular flexibility index (Phi) is 5.29. The first-order valence-electron chi connectivity index (χ1n) is 8.64. The lowest BCUT2D eigenvalue weighted by Crippen LogP contribution is -2.13. The van der Waals surface area contributed by atoms with Crippen molar-refractivity contribution in [2.45, 2.75) is 33.2 Å². The Morgan fingerprint density at radius 3 is 2.44 bits per heavy atom. The third kappa shape index (κ3) is 4.15. The molecule has 0 radical (unpaired) electrons. The summed E-state index contributed by atoms with van der Waals surface area (Å²) < 4.78 is 1.86. The summed E-state index contributed by atoms with van der Waals surface area (Å²) in [5.74, 6) is -0.125. The number of hydrogen-bond acceptors (Lipinski definition) is 2. The van der Waals surface area contributed by atoms with Crippen LogP contribution in [0.5, 0.6) is 0 Å². The fraction of sp³-hybridized carbons (Fsp3) is 0.238. The van der Waals surface area contributed by atoms with E-state index in [1.807, 2.05) is 41.9 Å². The summed E-state index contributed by atoms with van der Waals surface area (Å²) in [6, 6.07) is 18.1. The van der Waals surface area contributed by atoms with Crippen LogP contribution in [0.15, 0.2) is 60.8 Å². The van der Waals surface area contributed by atoms with Gasteiger partial charge in [0.2, 0.25) is 0 Å². The number of nitrogens with zero attached hydrogens (tertiary/aromatic N) is 2. The maximum atomic E-state index is 12.5. The Morgan fingerprint density at radius 1 is 1.04 bits per heavy atom. The first kappa shape index (κ1) is 17.0. The minimum atomic E-state index is -0.125. The van der Waals surface area contributed by atoms with Crippen molar-refractivity contribution in [3.63, 3.8) is 0 Å². The summed E-state index contributed by atoms with van der Waals surface area (Å²) >= 11 is 0. The van der Waals surface area contributed by atoms with Gasteiger partial charge in [-0.2, -0.15) is 5.10 Å². The summed E-state index contributed by atoms with van der Waals surface area (Å²) in [5, 5.41) is 7.32. The zero-order chi connectivity index (χ0) is 17.6. The molecule has 0 atom stereocenters. The van der Waals surface area contributed by atoms with Crippen molar-refractivity contribution in [1.82, 2.24) is 9.78 Å². The lowest BCUT2D eigenvalue weighted by atomic mass is 10.1. The quantitative estimate of drug-likeness (QED) is 0.724. The van der Waals surface area contributed by atoms with Crippen LogP contribution < -0.4 is 5.32 Å². The standard InChI is InChI=1S/C21H23N3O/c1-3-7-17-10-12-19(13-11-17)23-21(25)20-14-22-24(16(20)2)15-18-8-5-4-6-9-18/h4-6,8-14H,3,7,15H2,1-2H3,(H,23,25). The fourth-order valence-electron chi connectivity index (χ4n) is 2.83. The largest absolute Gasteiger partial charge is 0.322 e. The van der Waals surface area contributed by atoms with Crippen LogP contribution in [0.1, 0.15) is 40.5 Å². The van der Waals surface area contributed by atoms with Crippen molar-refractivity contribution in [1.29, 1.82) is 0 Å². The van der Waals surface area contributed by atoms with Crippen LogP contribution in [0, 0.1) is 6.92 Å². The molecule has 0 saturated heterocycles. The molecule has 0 aliphatic carbocycles. The summed E-state index contributed by atoms with van der Waals surface area (Å²) in [7, 11) is 0. The molecule has 0 spiro atoms. The van der Waals surface area contributed by atoms with Crippen LogP contribution in [0.3, 0.4) is 0 Å². The monoisotopic (exact) mass is 333 g/mol. The van der Waals surface area contributed by atoms with Gasteiger partial charge in [0.15, 0.2) is 0 Å². The molecule has 128 valence electrons. The van der Waals surface area contributed by atoms with E-state index in [9.17, 15) is 4.79 Å². The van der Waals surface area contributed by atoms with Gasteiger partial charge in [-0.3, -0.25) is 9.48 Å². The van der Waals surface area contributed by atoms with Crippen molar-refractivity contribution >= 4 is 11.6 Å². The van der Waals surface area contributed by atoms with Gasteiger partial charge in [0, 0.05) is 11.4 Å². The topological polar surface area (TPSA) is 46.9 Å². The molecular weight excluding hydrogens is 310 g/mol. The summed E-state index contributed by atoms with van der Waals surface area (Å²) in [6.45, 7) is 4.74. The van der Waals surface area contributed by atoms with Crippen molar-refractivity contribution < 1.29 is 4.79 Å². The number of nitrogens with one attached hydrogen (secondary N) is 1. The Balaban J connectivity index is 1.70. The Labute approximate surface area is 148 Å². The Hall–Kier alpha value is -2.88. The highest BCUT2D eigenvalue weighted by molar-refractivity contribution is 6.04. The van der Waals surface area contributed by atoms with Crippen LogP contribution in [0.2, 0.25) is 0 Å². The van der Waals surface area contributed by atoms with E-state index in [0.29, 0.717) is 12.1 Å².